The Hall–Kier alpha value is -0.200. The summed E-state index contributed by atoms with van der Waals surface area (Å²) in [5.74, 6) is 1.91. The largest absolute Gasteiger partial charge is 0.494 e. The molecule has 0 amide bonds. The van der Waals surface area contributed by atoms with Crippen LogP contribution >= 0.6 is 102 Å². The minimum atomic E-state index is 0.793. The van der Waals surface area contributed by atoms with Crippen LogP contribution in [0.15, 0.2) is 75.7 Å². The SMILES string of the molecule is CCCCCOc1ccc(-c2sc(-c3ccc(OCCCCC)cc3)c(SC)c2SC)cc1.CSc1c(Br)sc(Br)c1SC. The number of thioether (sulfide) groups is 4. The van der Waals surface area contributed by atoms with Gasteiger partial charge in [0.25, 0.3) is 0 Å². The normalized spacial score (nSPS) is 10.9. The molecule has 0 bridgehead atoms. The second kappa shape index (κ2) is 20.9. The van der Waals surface area contributed by atoms with Crippen molar-refractivity contribution < 1.29 is 9.47 Å². The molecule has 2 heterocycles. The van der Waals surface area contributed by atoms with Crippen molar-refractivity contribution in [3.05, 3.63) is 56.1 Å². The smallest absolute Gasteiger partial charge is 0.119 e. The Labute approximate surface area is 306 Å². The van der Waals surface area contributed by atoms with Gasteiger partial charge >= 0.3 is 0 Å². The minimum Gasteiger partial charge on any atom is -0.494 e. The van der Waals surface area contributed by atoms with Gasteiger partial charge < -0.3 is 9.47 Å². The number of thiophene rings is 2. The average molecular weight is 835 g/mol. The molecule has 0 aliphatic carbocycles. The molecule has 2 aromatic heterocycles. The van der Waals surface area contributed by atoms with E-state index in [1.165, 1.54) is 73.7 Å². The van der Waals surface area contributed by atoms with Crippen LogP contribution in [-0.4, -0.2) is 38.2 Å². The highest BCUT2D eigenvalue weighted by Gasteiger charge is 2.20. The molecule has 240 valence electrons. The molecule has 0 fully saturated rings. The molecule has 0 aliphatic heterocycles. The molecule has 0 radical (unpaired) electrons. The zero-order valence-corrected chi connectivity index (χ0v) is 34.4. The number of halogens is 2. The molecule has 10 heteroatoms. The van der Waals surface area contributed by atoms with Crippen LogP contribution in [0, 0.1) is 0 Å². The van der Waals surface area contributed by atoms with Crippen molar-refractivity contribution in [2.75, 3.05) is 38.2 Å². The van der Waals surface area contributed by atoms with Gasteiger partial charge in [0, 0.05) is 29.3 Å². The minimum absolute atomic E-state index is 0.793. The lowest BCUT2D eigenvalue weighted by molar-refractivity contribution is 0.306. The highest BCUT2D eigenvalue weighted by Crippen LogP contribution is 2.50. The van der Waals surface area contributed by atoms with E-state index < -0.39 is 0 Å². The van der Waals surface area contributed by atoms with E-state index in [1.807, 2.05) is 34.9 Å². The third-order valence-corrected chi connectivity index (χ3v) is 15.0. The van der Waals surface area contributed by atoms with Crippen LogP contribution in [0.5, 0.6) is 11.5 Å². The van der Waals surface area contributed by atoms with Crippen LogP contribution in [0.1, 0.15) is 52.4 Å². The van der Waals surface area contributed by atoms with Gasteiger partial charge in [-0.05, 0) is 129 Å². The number of hydrogen-bond donors (Lipinski definition) is 0. The van der Waals surface area contributed by atoms with Gasteiger partial charge in [0.1, 0.15) is 11.5 Å². The van der Waals surface area contributed by atoms with E-state index in [4.69, 9.17) is 9.47 Å². The molecule has 0 saturated carbocycles. The Morgan fingerprint density at radius 1 is 0.523 bits per heavy atom. The topological polar surface area (TPSA) is 18.5 Å². The van der Waals surface area contributed by atoms with E-state index in [1.54, 1.807) is 34.9 Å². The van der Waals surface area contributed by atoms with E-state index in [2.05, 4.69) is 119 Å². The van der Waals surface area contributed by atoms with Crippen LogP contribution < -0.4 is 9.47 Å². The molecule has 0 unspecified atom stereocenters. The second-order valence-electron chi connectivity index (χ2n) is 9.70. The maximum atomic E-state index is 5.91. The molecule has 0 spiro atoms. The Balaban J connectivity index is 0.000000404. The fraction of sp³-hybridized carbons (Fsp3) is 0.412. The molecule has 4 rings (SSSR count). The third-order valence-electron chi connectivity index (χ3n) is 6.65. The summed E-state index contributed by atoms with van der Waals surface area (Å²) in [6, 6.07) is 17.2. The summed E-state index contributed by atoms with van der Waals surface area (Å²) >= 11 is 17.9. The Morgan fingerprint density at radius 2 is 0.886 bits per heavy atom. The van der Waals surface area contributed by atoms with E-state index in [0.29, 0.717) is 0 Å². The monoisotopic (exact) mass is 832 g/mol. The van der Waals surface area contributed by atoms with Crippen LogP contribution in [0.2, 0.25) is 0 Å². The van der Waals surface area contributed by atoms with Crippen LogP contribution in [0.4, 0.5) is 0 Å². The summed E-state index contributed by atoms with van der Waals surface area (Å²) in [5, 5.41) is 0. The maximum Gasteiger partial charge on any atom is 0.119 e. The summed E-state index contributed by atoms with van der Waals surface area (Å²) in [6.45, 7) is 6.02. The van der Waals surface area contributed by atoms with Crippen molar-refractivity contribution in [1.82, 2.24) is 0 Å². The zero-order chi connectivity index (χ0) is 31.9. The van der Waals surface area contributed by atoms with Crippen molar-refractivity contribution in [3.63, 3.8) is 0 Å². The lowest BCUT2D eigenvalue weighted by Crippen LogP contribution is -1.96. The number of hydrogen-bond acceptors (Lipinski definition) is 8. The highest BCUT2D eigenvalue weighted by atomic mass is 79.9. The van der Waals surface area contributed by atoms with E-state index >= 15 is 0 Å². The van der Waals surface area contributed by atoms with E-state index in [-0.39, 0.29) is 0 Å². The van der Waals surface area contributed by atoms with Crippen molar-refractivity contribution in [2.45, 2.75) is 72.0 Å². The van der Waals surface area contributed by atoms with Gasteiger partial charge in [-0.25, -0.2) is 0 Å². The van der Waals surface area contributed by atoms with Gasteiger partial charge in [0.2, 0.25) is 0 Å². The average Bonchev–Trinajstić information content (AvgIpc) is 3.57. The summed E-state index contributed by atoms with van der Waals surface area (Å²) in [4.78, 5) is 8.07. The predicted molar refractivity (Wildman–Crippen MR) is 212 cm³/mol. The van der Waals surface area contributed by atoms with Gasteiger partial charge in [0.15, 0.2) is 0 Å². The van der Waals surface area contributed by atoms with E-state index in [0.717, 1.165) is 37.6 Å². The molecule has 0 atom stereocenters. The Morgan fingerprint density at radius 3 is 1.20 bits per heavy atom. The molecule has 0 saturated heterocycles. The van der Waals surface area contributed by atoms with E-state index in [9.17, 15) is 0 Å². The second-order valence-corrected chi connectivity index (χ2v) is 17.6. The van der Waals surface area contributed by atoms with Crippen LogP contribution in [0.3, 0.4) is 0 Å². The fourth-order valence-electron chi connectivity index (χ4n) is 4.34. The molecule has 0 aliphatic rings. The standard InChI is InChI=1S/C28H36O2S3.C6H6Br2S3/c1-5-7-9-19-29-23-15-11-21(12-16-23)25-27(31-3)28(32-4)26(33-25)22-13-17-24(18-14-22)30-20-10-8-6-2;1-9-3-4(10-2)6(8)11-5(3)7/h11-18H,5-10,19-20H2,1-4H3;1-2H3. The molecule has 44 heavy (non-hydrogen) atoms. The first-order valence-corrected chi connectivity index (χ1v) is 22.8. The van der Waals surface area contributed by atoms with Crippen LogP contribution in [0.25, 0.3) is 20.9 Å². The highest BCUT2D eigenvalue weighted by molar-refractivity contribution is 9.12. The Bertz CT molecular complexity index is 1300. The molecule has 2 nitrogen and oxygen atoms in total. The molecule has 4 aromatic rings. The third kappa shape index (κ3) is 10.9. The predicted octanol–water partition coefficient (Wildman–Crippen LogP) is 14.4. The lowest BCUT2D eigenvalue weighted by atomic mass is 10.1. The van der Waals surface area contributed by atoms with Crippen molar-refractivity contribution in [2.24, 2.45) is 0 Å². The van der Waals surface area contributed by atoms with Crippen molar-refractivity contribution >= 4 is 102 Å². The van der Waals surface area contributed by atoms with Gasteiger partial charge in [-0.3, -0.25) is 0 Å². The summed E-state index contributed by atoms with van der Waals surface area (Å²) in [7, 11) is 0. The maximum absolute atomic E-state index is 5.91. The van der Waals surface area contributed by atoms with Crippen molar-refractivity contribution in [1.29, 1.82) is 0 Å². The summed E-state index contributed by atoms with van der Waals surface area (Å²) in [6.07, 6.45) is 15.6. The number of benzene rings is 2. The fourth-order valence-corrected chi connectivity index (χ4v) is 14.1. The first kappa shape index (κ1) is 38.2. The Kier molecular flexibility index (Phi) is 18.2. The van der Waals surface area contributed by atoms with Gasteiger partial charge in [-0.2, -0.15) is 0 Å². The van der Waals surface area contributed by atoms with Gasteiger partial charge in [-0.1, -0.05) is 39.5 Å². The van der Waals surface area contributed by atoms with Crippen molar-refractivity contribution in [3.8, 4) is 32.4 Å². The number of ether oxygens (including phenoxy) is 2. The zero-order valence-electron chi connectivity index (χ0n) is 26.3. The van der Waals surface area contributed by atoms with Gasteiger partial charge in [-0.15, -0.1) is 69.7 Å². The summed E-state index contributed by atoms with van der Waals surface area (Å²) in [5.41, 5.74) is 2.50. The first-order valence-electron chi connectivity index (χ1n) is 14.7. The molecule has 2 aromatic carbocycles. The summed E-state index contributed by atoms with van der Waals surface area (Å²) < 4.78 is 14.3. The molecular formula is C34H42Br2O2S6. The first-order chi connectivity index (χ1) is 21.4. The number of rotatable bonds is 16. The number of unbranched alkanes of at least 4 members (excludes halogenated alkanes) is 4. The molecule has 0 N–H and O–H groups in total. The van der Waals surface area contributed by atoms with Crippen LogP contribution in [-0.2, 0) is 0 Å². The quantitative estimate of drug-likeness (QED) is 0.0821. The van der Waals surface area contributed by atoms with Gasteiger partial charge in [0.05, 0.1) is 20.8 Å². The molecular weight excluding hydrogens is 793 g/mol. The lowest BCUT2D eigenvalue weighted by Gasteiger charge is -2.08.